The van der Waals surface area contributed by atoms with Crippen molar-refractivity contribution in [1.29, 1.82) is 0 Å². The van der Waals surface area contributed by atoms with Gasteiger partial charge in [-0.3, -0.25) is 0 Å². The maximum absolute atomic E-state index is 5.63. The van der Waals surface area contributed by atoms with Gasteiger partial charge in [0, 0.05) is 0 Å². The van der Waals surface area contributed by atoms with Crippen LogP contribution in [0.4, 0.5) is 0 Å². The molecule has 2 heterocycles. The van der Waals surface area contributed by atoms with Gasteiger partial charge in [0.05, 0.1) is 11.6 Å². The smallest absolute Gasteiger partial charge is 0.251 e. The van der Waals surface area contributed by atoms with Crippen molar-refractivity contribution in [2.45, 2.75) is 26.8 Å². The first-order valence-electron chi connectivity index (χ1n) is 4.74. The third-order valence-corrected chi connectivity index (χ3v) is 2.10. The molecule has 0 spiro atoms. The summed E-state index contributed by atoms with van der Waals surface area (Å²) in [6.07, 6.45) is 0. The van der Waals surface area contributed by atoms with E-state index >= 15 is 0 Å². The predicted octanol–water partition coefficient (Wildman–Crippen LogP) is 1.97. The SMILES string of the molecule is Cc1cc(-c2nnc(C(C)N)o2)c(C)o1. The van der Waals surface area contributed by atoms with Crippen molar-refractivity contribution >= 4 is 0 Å². The van der Waals surface area contributed by atoms with Crippen LogP contribution in [0.1, 0.15) is 30.4 Å². The van der Waals surface area contributed by atoms with E-state index in [0.717, 1.165) is 17.1 Å². The fourth-order valence-electron chi connectivity index (χ4n) is 1.37. The Kier molecular flexibility index (Phi) is 2.32. The lowest BCUT2D eigenvalue weighted by Gasteiger charge is -1.94. The molecule has 0 saturated carbocycles. The highest BCUT2D eigenvalue weighted by molar-refractivity contribution is 5.55. The molecule has 0 aliphatic carbocycles. The van der Waals surface area contributed by atoms with Crippen LogP contribution in [-0.2, 0) is 0 Å². The van der Waals surface area contributed by atoms with Crippen molar-refractivity contribution in [2.24, 2.45) is 5.73 Å². The Hall–Kier alpha value is -1.62. The fourth-order valence-corrected chi connectivity index (χ4v) is 1.37. The van der Waals surface area contributed by atoms with Crippen LogP contribution in [0.5, 0.6) is 0 Å². The van der Waals surface area contributed by atoms with Gasteiger partial charge in [0.2, 0.25) is 5.89 Å². The van der Waals surface area contributed by atoms with Crippen molar-refractivity contribution in [3.05, 3.63) is 23.5 Å². The Labute approximate surface area is 87.3 Å². The van der Waals surface area contributed by atoms with Crippen LogP contribution in [0.15, 0.2) is 14.9 Å². The average molecular weight is 207 g/mol. The Morgan fingerprint density at radius 1 is 1.27 bits per heavy atom. The Bertz CT molecular complexity index is 471. The van der Waals surface area contributed by atoms with Gasteiger partial charge in [0.1, 0.15) is 11.5 Å². The molecule has 5 nitrogen and oxygen atoms in total. The van der Waals surface area contributed by atoms with Crippen molar-refractivity contribution in [3.8, 4) is 11.5 Å². The van der Waals surface area contributed by atoms with Gasteiger partial charge in [-0.15, -0.1) is 10.2 Å². The lowest BCUT2D eigenvalue weighted by atomic mass is 10.2. The molecule has 0 saturated heterocycles. The molecule has 80 valence electrons. The Balaban J connectivity index is 2.41. The quantitative estimate of drug-likeness (QED) is 0.814. The minimum absolute atomic E-state index is 0.250. The summed E-state index contributed by atoms with van der Waals surface area (Å²) in [6, 6.07) is 1.62. The van der Waals surface area contributed by atoms with Gasteiger partial charge in [-0.05, 0) is 26.8 Å². The van der Waals surface area contributed by atoms with Crippen molar-refractivity contribution in [3.63, 3.8) is 0 Å². The van der Waals surface area contributed by atoms with E-state index in [9.17, 15) is 0 Å². The van der Waals surface area contributed by atoms with Gasteiger partial charge in [-0.2, -0.15) is 0 Å². The van der Waals surface area contributed by atoms with Gasteiger partial charge in [-0.1, -0.05) is 0 Å². The van der Waals surface area contributed by atoms with Crippen molar-refractivity contribution < 1.29 is 8.83 Å². The Morgan fingerprint density at radius 3 is 2.47 bits per heavy atom. The van der Waals surface area contributed by atoms with Crippen molar-refractivity contribution in [2.75, 3.05) is 0 Å². The number of rotatable bonds is 2. The van der Waals surface area contributed by atoms with Crippen LogP contribution >= 0.6 is 0 Å². The molecular weight excluding hydrogens is 194 g/mol. The summed E-state index contributed by atoms with van der Waals surface area (Å²) < 4.78 is 10.8. The van der Waals surface area contributed by atoms with E-state index in [1.165, 1.54) is 0 Å². The summed E-state index contributed by atoms with van der Waals surface area (Å²) in [5.74, 6) is 2.48. The number of furan rings is 1. The molecule has 2 rings (SSSR count). The molecule has 5 heteroatoms. The van der Waals surface area contributed by atoms with Crippen molar-refractivity contribution in [1.82, 2.24) is 10.2 Å². The predicted molar refractivity (Wildman–Crippen MR) is 54.1 cm³/mol. The second kappa shape index (κ2) is 3.51. The molecule has 0 radical (unpaired) electrons. The fraction of sp³-hybridized carbons (Fsp3) is 0.400. The average Bonchev–Trinajstić information content (AvgIpc) is 2.71. The minimum Gasteiger partial charge on any atom is -0.466 e. The molecule has 1 atom stereocenters. The molecule has 1 unspecified atom stereocenters. The standard InChI is InChI=1S/C10H13N3O2/c1-5-4-8(7(3)14-5)10-13-12-9(15-10)6(2)11/h4,6H,11H2,1-3H3. The van der Waals surface area contributed by atoms with E-state index in [1.807, 2.05) is 19.9 Å². The number of nitrogens with two attached hydrogens (primary N) is 1. The normalized spacial score (nSPS) is 13.1. The summed E-state index contributed by atoms with van der Waals surface area (Å²) >= 11 is 0. The van der Waals surface area contributed by atoms with Gasteiger partial charge in [0.25, 0.3) is 5.89 Å². The lowest BCUT2D eigenvalue weighted by Crippen LogP contribution is -2.04. The van der Waals surface area contributed by atoms with Crippen LogP contribution in [-0.4, -0.2) is 10.2 Å². The van der Waals surface area contributed by atoms with E-state index in [0.29, 0.717) is 11.8 Å². The molecular formula is C10H13N3O2. The molecule has 0 aliphatic rings. The lowest BCUT2D eigenvalue weighted by molar-refractivity contribution is 0.470. The van der Waals surface area contributed by atoms with Crippen LogP contribution < -0.4 is 5.73 Å². The van der Waals surface area contributed by atoms with E-state index in [-0.39, 0.29) is 6.04 Å². The zero-order valence-electron chi connectivity index (χ0n) is 8.94. The van der Waals surface area contributed by atoms with Crippen LogP contribution in [0.2, 0.25) is 0 Å². The zero-order chi connectivity index (χ0) is 11.0. The van der Waals surface area contributed by atoms with E-state index in [2.05, 4.69) is 10.2 Å². The first-order valence-corrected chi connectivity index (χ1v) is 4.74. The maximum Gasteiger partial charge on any atom is 0.251 e. The van der Waals surface area contributed by atoms with Gasteiger partial charge in [-0.25, -0.2) is 0 Å². The van der Waals surface area contributed by atoms with E-state index < -0.39 is 0 Å². The molecule has 0 aromatic carbocycles. The van der Waals surface area contributed by atoms with Gasteiger partial charge < -0.3 is 14.6 Å². The molecule has 0 fully saturated rings. The first-order chi connectivity index (χ1) is 7.08. The van der Waals surface area contributed by atoms with Crippen LogP contribution in [0.25, 0.3) is 11.5 Å². The summed E-state index contributed by atoms with van der Waals surface area (Å²) in [7, 11) is 0. The summed E-state index contributed by atoms with van der Waals surface area (Å²) in [5.41, 5.74) is 6.45. The van der Waals surface area contributed by atoms with Gasteiger partial charge >= 0.3 is 0 Å². The van der Waals surface area contributed by atoms with E-state index in [4.69, 9.17) is 14.6 Å². The summed E-state index contributed by atoms with van der Waals surface area (Å²) in [5, 5.41) is 7.78. The van der Waals surface area contributed by atoms with Gasteiger partial charge in [0.15, 0.2) is 0 Å². The number of aryl methyl sites for hydroxylation is 2. The minimum atomic E-state index is -0.250. The highest BCUT2D eigenvalue weighted by Crippen LogP contribution is 2.26. The molecule has 0 aliphatic heterocycles. The number of hydrogen-bond donors (Lipinski definition) is 1. The molecule has 0 bridgehead atoms. The summed E-state index contributed by atoms with van der Waals surface area (Å²) in [4.78, 5) is 0. The second-order valence-electron chi connectivity index (χ2n) is 3.56. The molecule has 2 aromatic heterocycles. The highest BCUT2D eigenvalue weighted by atomic mass is 16.4. The highest BCUT2D eigenvalue weighted by Gasteiger charge is 2.15. The number of aromatic nitrogens is 2. The second-order valence-corrected chi connectivity index (χ2v) is 3.56. The molecule has 2 N–H and O–H groups in total. The number of nitrogens with zero attached hydrogens (tertiary/aromatic N) is 2. The molecule has 2 aromatic rings. The Morgan fingerprint density at radius 2 is 2.00 bits per heavy atom. The topological polar surface area (TPSA) is 78.1 Å². The zero-order valence-corrected chi connectivity index (χ0v) is 8.94. The monoisotopic (exact) mass is 207 g/mol. The van der Waals surface area contributed by atoms with Crippen LogP contribution in [0, 0.1) is 13.8 Å². The van der Waals surface area contributed by atoms with E-state index in [1.54, 1.807) is 6.92 Å². The molecule has 0 amide bonds. The molecule has 15 heavy (non-hydrogen) atoms. The van der Waals surface area contributed by atoms with Crippen LogP contribution in [0.3, 0.4) is 0 Å². The number of hydrogen-bond acceptors (Lipinski definition) is 5. The maximum atomic E-state index is 5.63. The summed E-state index contributed by atoms with van der Waals surface area (Å²) in [6.45, 7) is 5.53. The third kappa shape index (κ3) is 1.78. The first kappa shape index (κ1) is 9.92. The third-order valence-electron chi connectivity index (χ3n) is 2.10. The largest absolute Gasteiger partial charge is 0.466 e.